The third-order valence-electron chi connectivity index (χ3n) is 5.48. The highest BCUT2D eigenvalue weighted by Gasteiger charge is 2.26. The van der Waals surface area contributed by atoms with Gasteiger partial charge in [0.15, 0.2) is 12.4 Å². The van der Waals surface area contributed by atoms with Gasteiger partial charge >= 0.3 is 0 Å². The summed E-state index contributed by atoms with van der Waals surface area (Å²) in [6.07, 6.45) is 2.38. The highest BCUT2D eigenvalue weighted by Crippen LogP contribution is 2.27. The summed E-state index contributed by atoms with van der Waals surface area (Å²) in [6, 6.07) is 13.7. The summed E-state index contributed by atoms with van der Waals surface area (Å²) >= 11 is 11.7. The second-order valence-electron chi connectivity index (χ2n) is 7.98. The van der Waals surface area contributed by atoms with Crippen molar-refractivity contribution in [3.8, 4) is 11.5 Å². The number of halogens is 2. The number of hydrogen-bond donors (Lipinski definition) is 2. The number of rotatable bonds is 10. The van der Waals surface area contributed by atoms with E-state index in [-0.39, 0.29) is 36.9 Å². The normalized spacial score (nSPS) is 19.1. The molecule has 2 N–H and O–H groups in total. The number of aliphatic hydroxyl groups is 1. The predicted molar refractivity (Wildman–Crippen MR) is 123 cm³/mol. The molecule has 2 aromatic carbocycles. The third kappa shape index (κ3) is 8.01. The summed E-state index contributed by atoms with van der Waals surface area (Å²) in [5.41, 5.74) is 0. The Morgan fingerprint density at radius 3 is 2.00 bits per heavy atom. The maximum absolute atomic E-state index is 12.3. The van der Waals surface area contributed by atoms with Gasteiger partial charge in [0.1, 0.15) is 24.2 Å². The van der Waals surface area contributed by atoms with Crippen molar-refractivity contribution in [2.75, 3.05) is 13.2 Å². The molecule has 1 amide bonds. The lowest BCUT2D eigenvalue weighted by atomic mass is 9.82. The van der Waals surface area contributed by atoms with Gasteiger partial charge in [-0.1, -0.05) is 23.2 Å². The Labute approximate surface area is 197 Å². The van der Waals surface area contributed by atoms with Gasteiger partial charge in [0.05, 0.1) is 0 Å². The molecule has 1 aliphatic rings. The van der Waals surface area contributed by atoms with Gasteiger partial charge in [-0.2, -0.15) is 0 Å². The molecule has 0 saturated heterocycles. The average molecular weight is 480 g/mol. The smallest absolute Gasteiger partial charge is 0.258 e. The molecular formula is C24H27Cl2NO5. The van der Waals surface area contributed by atoms with Crippen LogP contribution < -0.4 is 14.8 Å². The van der Waals surface area contributed by atoms with Crippen LogP contribution in [0.5, 0.6) is 11.5 Å². The fourth-order valence-electron chi connectivity index (χ4n) is 3.68. The molecule has 0 bridgehead atoms. The van der Waals surface area contributed by atoms with Crippen LogP contribution in [0.4, 0.5) is 0 Å². The first-order chi connectivity index (χ1) is 15.4. The molecule has 1 atom stereocenters. The highest BCUT2D eigenvalue weighted by molar-refractivity contribution is 6.30. The molecule has 1 aliphatic carbocycles. The number of aliphatic hydroxyl groups excluding tert-OH is 1. The van der Waals surface area contributed by atoms with Crippen molar-refractivity contribution in [1.82, 2.24) is 5.32 Å². The fraction of sp³-hybridized carbons (Fsp3) is 0.417. The summed E-state index contributed by atoms with van der Waals surface area (Å²) < 4.78 is 10.9. The maximum atomic E-state index is 12.3. The molecule has 0 spiro atoms. The Hall–Kier alpha value is -2.28. The number of nitrogens with one attached hydrogen (secondary N) is 1. The predicted octanol–water partition coefficient (Wildman–Crippen LogP) is 4.45. The van der Waals surface area contributed by atoms with E-state index in [1.807, 2.05) is 0 Å². The first kappa shape index (κ1) is 24.4. The van der Waals surface area contributed by atoms with E-state index in [1.54, 1.807) is 48.5 Å². The number of benzene rings is 2. The Balaban J connectivity index is 1.32. The average Bonchev–Trinajstić information content (AvgIpc) is 2.79. The van der Waals surface area contributed by atoms with E-state index in [2.05, 4.69) is 5.32 Å². The van der Waals surface area contributed by atoms with Crippen LogP contribution in [0.15, 0.2) is 48.5 Å². The van der Waals surface area contributed by atoms with Gasteiger partial charge in [0.2, 0.25) is 0 Å². The van der Waals surface area contributed by atoms with Crippen molar-refractivity contribution in [2.45, 2.75) is 44.2 Å². The number of Topliss-reactive ketones (excluding diaryl/α,β-unsaturated/α-hetero) is 1. The summed E-state index contributed by atoms with van der Waals surface area (Å²) in [6.45, 7) is -0.140. The van der Waals surface area contributed by atoms with Crippen molar-refractivity contribution >= 4 is 34.9 Å². The molecule has 1 saturated carbocycles. The van der Waals surface area contributed by atoms with Crippen LogP contribution in [0, 0.1) is 5.92 Å². The number of hydrogen-bond acceptors (Lipinski definition) is 5. The number of ketones is 1. The van der Waals surface area contributed by atoms with E-state index in [0.29, 0.717) is 28.0 Å². The second-order valence-corrected chi connectivity index (χ2v) is 8.85. The minimum Gasteiger partial charge on any atom is -0.490 e. The molecule has 1 unspecified atom stereocenters. The molecule has 0 aromatic heterocycles. The zero-order chi connectivity index (χ0) is 22.9. The Morgan fingerprint density at radius 2 is 1.44 bits per heavy atom. The van der Waals surface area contributed by atoms with Gasteiger partial charge in [0.25, 0.3) is 5.91 Å². The first-order valence-electron chi connectivity index (χ1n) is 10.7. The van der Waals surface area contributed by atoms with E-state index < -0.39 is 6.10 Å². The van der Waals surface area contributed by atoms with E-state index in [0.717, 1.165) is 25.7 Å². The van der Waals surface area contributed by atoms with Crippen LogP contribution in [-0.4, -0.2) is 42.2 Å². The zero-order valence-electron chi connectivity index (χ0n) is 17.6. The summed E-state index contributed by atoms with van der Waals surface area (Å²) in [5, 5.41) is 14.3. The van der Waals surface area contributed by atoms with Gasteiger partial charge in [-0.3, -0.25) is 9.59 Å². The third-order valence-corrected chi connectivity index (χ3v) is 5.98. The number of carbonyl (C=O) groups is 2. The second kappa shape index (κ2) is 12.1. The standard InChI is InChI=1S/C24H27Cl2NO5/c25-17-3-9-20(10-4-17)31-14-23(29)22(28)13-16-1-7-19(8-2-16)27-24(30)15-32-21-11-5-18(26)6-12-21/h3-6,9-12,16,19,23,29H,1-2,7-8,13-15H2,(H,27,30). The first-order valence-corrected chi connectivity index (χ1v) is 11.4. The van der Waals surface area contributed by atoms with Crippen molar-refractivity contribution in [1.29, 1.82) is 0 Å². The van der Waals surface area contributed by atoms with Crippen molar-refractivity contribution in [2.24, 2.45) is 5.92 Å². The van der Waals surface area contributed by atoms with E-state index in [9.17, 15) is 14.7 Å². The zero-order valence-corrected chi connectivity index (χ0v) is 19.1. The van der Waals surface area contributed by atoms with E-state index in [1.165, 1.54) is 0 Å². The fourth-order valence-corrected chi connectivity index (χ4v) is 3.93. The Morgan fingerprint density at radius 1 is 0.906 bits per heavy atom. The molecule has 0 heterocycles. The van der Waals surface area contributed by atoms with Gasteiger partial charge in [0, 0.05) is 22.5 Å². The van der Waals surface area contributed by atoms with Crippen LogP contribution in [0.2, 0.25) is 10.0 Å². The molecule has 8 heteroatoms. The largest absolute Gasteiger partial charge is 0.490 e. The lowest BCUT2D eigenvalue weighted by molar-refractivity contribution is -0.130. The minimum atomic E-state index is -1.16. The molecular weight excluding hydrogens is 453 g/mol. The molecule has 0 aliphatic heterocycles. The van der Waals surface area contributed by atoms with Crippen LogP contribution in [0.3, 0.4) is 0 Å². The van der Waals surface area contributed by atoms with Crippen LogP contribution in [0.1, 0.15) is 32.1 Å². The Bertz CT molecular complexity index is 880. The molecule has 1 fully saturated rings. The Kier molecular flexibility index (Phi) is 9.21. The molecule has 2 aromatic rings. The van der Waals surface area contributed by atoms with Crippen molar-refractivity contribution in [3.63, 3.8) is 0 Å². The minimum absolute atomic E-state index is 0.0557. The lowest BCUT2D eigenvalue weighted by Gasteiger charge is -2.29. The molecule has 6 nitrogen and oxygen atoms in total. The van der Waals surface area contributed by atoms with E-state index in [4.69, 9.17) is 32.7 Å². The van der Waals surface area contributed by atoms with Gasteiger partial charge < -0.3 is 19.9 Å². The van der Waals surface area contributed by atoms with Crippen LogP contribution in [0.25, 0.3) is 0 Å². The summed E-state index contributed by atoms with van der Waals surface area (Å²) in [5.74, 6) is 0.950. The van der Waals surface area contributed by atoms with Gasteiger partial charge in [-0.05, 0) is 80.1 Å². The molecule has 3 rings (SSSR count). The van der Waals surface area contributed by atoms with Crippen molar-refractivity contribution < 1.29 is 24.2 Å². The van der Waals surface area contributed by atoms with Gasteiger partial charge in [-0.15, -0.1) is 0 Å². The topological polar surface area (TPSA) is 84.9 Å². The molecule has 172 valence electrons. The highest BCUT2D eigenvalue weighted by atomic mass is 35.5. The van der Waals surface area contributed by atoms with Crippen LogP contribution in [-0.2, 0) is 9.59 Å². The maximum Gasteiger partial charge on any atom is 0.258 e. The SMILES string of the molecule is O=C(COc1ccc(Cl)cc1)NC1CCC(CC(=O)C(O)COc2ccc(Cl)cc2)CC1. The summed E-state index contributed by atoms with van der Waals surface area (Å²) in [4.78, 5) is 24.5. The number of ether oxygens (including phenoxy) is 2. The quantitative estimate of drug-likeness (QED) is 0.525. The van der Waals surface area contributed by atoms with Gasteiger partial charge in [-0.25, -0.2) is 0 Å². The number of amides is 1. The van der Waals surface area contributed by atoms with E-state index >= 15 is 0 Å². The molecule has 0 radical (unpaired) electrons. The molecule has 32 heavy (non-hydrogen) atoms. The van der Waals surface area contributed by atoms with Crippen LogP contribution >= 0.6 is 23.2 Å². The number of carbonyl (C=O) groups excluding carboxylic acids is 2. The summed E-state index contributed by atoms with van der Waals surface area (Å²) in [7, 11) is 0. The monoisotopic (exact) mass is 479 g/mol. The lowest BCUT2D eigenvalue weighted by Crippen LogP contribution is -2.40. The van der Waals surface area contributed by atoms with Crippen molar-refractivity contribution in [3.05, 3.63) is 58.6 Å².